The number of amides is 2. The van der Waals surface area contributed by atoms with Gasteiger partial charge in [-0.1, -0.05) is 0 Å². The van der Waals surface area contributed by atoms with Crippen LogP contribution in [0.15, 0.2) is 6.33 Å². The molecule has 1 saturated heterocycles. The zero-order valence-electron chi connectivity index (χ0n) is 11.3. The van der Waals surface area contributed by atoms with E-state index in [1.165, 1.54) is 6.33 Å². The first-order valence-corrected chi connectivity index (χ1v) is 6.84. The summed E-state index contributed by atoms with van der Waals surface area (Å²) in [5, 5.41) is 9.06. The van der Waals surface area contributed by atoms with Crippen LogP contribution in [0.3, 0.4) is 0 Å². The van der Waals surface area contributed by atoms with Gasteiger partial charge in [0, 0.05) is 25.6 Å². The van der Waals surface area contributed by atoms with E-state index in [9.17, 15) is 9.59 Å². The first-order valence-electron chi connectivity index (χ1n) is 6.84. The largest absolute Gasteiger partial charge is 0.346 e. The van der Waals surface area contributed by atoms with Crippen molar-refractivity contribution in [2.24, 2.45) is 5.73 Å². The molecule has 8 heteroatoms. The molecule has 0 bridgehead atoms. The first-order chi connectivity index (χ1) is 9.70. The lowest BCUT2D eigenvalue weighted by Gasteiger charge is -2.32. The number of carbonyl (C=O) groups is 2. The topological polar surface area (TPSA) is 117 Å². The Kier molecular flexibility index (Phi) is 5.05. The molecule has 1 aromatic rings. The number of nitrogens with one attached hydrogen (secondary N) is 2. The number of nitrogens with two attached hydrogens (primary N) is 1. The van der Waals surface area contributed by atoms with Crippen LogP contribution in [0.1, 0.15) is 36.3 Å². The van der Waals surface area contributed by atoms with Gasteiger partial charge in [-0.25, -0.2) is 4.98 Å². The van der Waals surface area contributed by atoms with Crippen molar-refractivity contribution in [3.05, 3.63) is 12.2 Å². The highest BCUT2D eigenvalue weighted by Crippen LogP contribution is 2.12. The van der Waals surface area contributed by atoms with E-state index in [0.29, 0.717) is 26.1 Å². The lowest BCUT2D eigenvalue weighted by atomic mass is 10.0. The summed E-state index contributed by atoms with van der Waals surface area (Å²) in [6.45, 7) is 1.88. The van der Waals surface area contributed by atoms with Gasteiger partial charge in [0.1, 0.15) is 6.33 Å². The Bertz CT molecular complexity index is 439. The molecule has 0 unspecified atom stereocenters. The van der Waals surface area contributed by atoms with E-state index >= 15 is 0 Å². The van der Waals surface area contributed by atoms with Gasteiger partial charge < -0.3 is 16.0 Å². The highest BCUT2D eigenvalue weighted by atomic mass is 16.2. The van der Waals surface area contributed by atoms with E-state index in [1.54, 1.807) is 0 Å². The quantitative estimate of drug-likeness (QED) is 0.657. The Labute approximate surface area is 117 Å². The summed E-state index contributed by atoms with van der Waals surface area (Å²) in [4.78, 5) is 29.3. The molecule has 2 rings (SSSR count). The third-order valence-corrected chi connectivity index (χ3v) is 3.41. The third kappa shape index (κ3) is 3.77. The molecule has 0 spiro atoms. The predicted molar refractivity (Wildman–Crippen MR) is 71.7 cm³/mol. The van der Waals surface area contributed by atoms with E-state index in [2.05, 4.69) is 20.5 Å². The molecular formula is C12H20N6O2. The molecule has 2 amide bonds. The maximum atomic E-state index is 11.8. The molecule has 0 aliphatic carbocycles. The van der Waals surface area contributed by atoms with Crippen molar-refractivity contribution in [2.75, 3.05) is 19.6 Å². The lowest BCUT2D eigenvalue weighted by Crippen LogP contribution is -2.46. The summed E-state index contributed by atoms with van der Waals surface area (Å²) < 4.78 is 0. The van der Waals surface area contributed by atoms with E-state index < -0.39 is 0 Å². The van der Waals surface area contributed by atoms with Crippen LogP contribution >= 0.6 is 0 Å². The Balaban J connectivity index is 1.74. The number of rotatable bonds is 5. The normalized spacial score (nSPS) is 16.1. The summed E-state index contributed by atoms with van der Waals surface area (Å²) in [5.74, 6) is 0.109. The Morgan fingerprint density at radius 3 is 2.80 bits per heavy atom. The molecule has 0 aromatic carbocycles. The Morgan fingerprint density at radius 1 is 1.45 bits per heavy atom. The van der Waals surface area contributed by atoms with Gasteiger partial charge >= 0.3 is 0 Å². The smallest absolute Gasteiger partial charge is 0.288 e. The Hall–Kier alpha value is -1.96. The minimum absolute atomic E-state index is 0.0751. The van der Waals surface area contributed by atoms with Crippen LogP contribution in [0, 0.1) is 0 Å². The lowest BCUT2D eigenvalue weighted by molar-refractivity contribution is -0.132. The van der Waals surface area contributed by atoms with Crippen LogP contribution in [0.4, 0.5) is 0 Å². The van der Waals surface area contributed by atoms with Gasteiger partial charge in [-0.05, 0) is 25.8 Å². The number of aromatic nitrogens is 3. The number of piperidine rings is 1. The molecule has 1 aliphatic rings. The van der Waals surface area contributed by atoms with Crippen molar-refractivity contribution in [1.29, 1.82) is 0 Å². The number of H-pyrrole nitrogens is 1. The van der Waals surface area contributed by atoms with Crippen molar-refractivity contribution in [3.8, 4) is 0 Å². The van der Waals surface area contributed by atoms with Crippen LogP contribution in [-0.2, 0) is 4.79 Å². The number of hydrogen-bond acceptors (Lipinski definition) is 5. The van der Waals surface area contributed by atoms with Crippen LogP contribution in [-0.4, -0.2) is 57.6 Å². The molecule has 1 fully saturated rings. The number of carbonyl (C=O) groups excluding carboxylic acids is 2. The van der Waals surface area contributed by atoms with E-state index in [4.69, 9.17) is 5.73 Å². The number of hydrogen-bond donors (Lipinski definition) is 3. The number of likely N-dealkylation sites (tertiary alicyclic amines) is 1. The van der Waals surface area contributed by atoms with E-state index in [0.717, 1.165) is 19.3 Å². The summed E-state index contributed by atoms with van der Waals surface area (Å²) >= 11 is 0. The average molecular weight is 280 g/mol. The van der Waals surface area contributed by atoms with Gasteiger partial charge in [-0.15, -0.1) is 0 Å². The zero-order chi connectivity index (χ0) is 14.4. The van der Waals surface area contributed by atoms with Crippen molar-refractivity contribution in [3.63, 3.8) is 0 Å². The molecule has 0 atom stereocenters. The fraction of sp³-hybridized carbons (Fsp3) is 0.667. The fourth-order valence-corrected chi connectivity index (χ4v) is 2.25. The van der Waals surface area contributed by atoms with Crippen molar-refractivity contribution in [2.45, 2.75) is 31.7 Å². The van der Waals surface area contributed by atoms with Crippen molar-refractivity contribution < 1.29 is 9.59 Å². The molecule has 0 radical (unpaired) electrons. The van der Waals surface area contributed by atoms with Gasteiger partial charge in [0.25, 0.3) is 5.91 Å². The summed E-state index contributed by atoms with van der Waals surface area (Å²) in [6, 6.07) is 0.0751. The molecule has 20 heavy (non-hydrogen) atoms. The first kappa shape index (κ1) is 14.4. The zero-order valence-corrected chi connectivity index (χ0v) is 11.3. The second-order valence-corrected chi connectivity index (χ2v) is 4.85. The molecule has 110 valence electrons. The maximum Gasteiger partial charge on any atom is 0.288 e. The van der Waals surface area contributed by atoms with Crippen LogP contribution < -0.4 is 11.1 Å². The second-order valence-electron chi connectivity index (χ2n) is 4.85. The second kappa shape index (κ2) is 6.99. The SMILES string of the molecule is NCCCC(=O)N1CCC(NC(=O)c2ncn[nH]2)CC1. The van der Waals surface area contributed by atoms with Crippen LogP contribution in [0.5, 0.6) is 0 Å². The summed E-state index contributed by atoms with van der Waals surface area (Å²) in [6.07, 6.45) is 4.04. The summed E-state index contributed by atoms with van der Waals surface area (Å²) in [7, 11) is 0. The molecule has 0 saturated carbocycles. The minimum Gasteiger partial charge on any atom is -0.346 e. The standard InChI is InChI=1S/C12H20N6O2/c13-5-1-2-10(19)18-6-3-9(4-7-18)16-12(20)11-14-8-15-17-11/h8-9H,1-7,13H2,(H,16,20)(H,14,15,17). The maximum absolute atomic E-state index is 11.8. The fourth-order valence-electron chi connectivity index (χ4n) is 2.25. The number of nitrogens with zero attached hydrogens (tertiary/aromatic N) is 3. The molecule has 2 heterocycles. The molecule has 1 aliphatic heterocycles. The highest BCUT2D eigenvalue weighted by Gasteiger charge is 2.24. The van der Waals surface area contributed by atoms with Gasteiger partial charge in [0.05, 0.1) is 0 Å². The minimum atomic E-state index is -0.254. The monoisotopic (exact) mass is 280 g/mol. The van der Waals surface area contributed by atoms with Gasteiger partial charge in [0.2, 0.25) is 11.7 Å². The van der Waals surface area contributed by atoms with E-state index in [-0.39, 0.29) is 23.7 Å². The molecule has 1 aromatic heterocycles. The molecular weight excluding hydrogens is 260 g/mol. The van der Waals surface area contributed by atoms with Gasteiger partial charge in [-0.3, -0.25) is 14.7 Å². The Morgan fingerprint density at radius 2 is 2.20 bits per heavy atom. The number of aromatic amines is 1. The molecule has 8 nitrogen and oxygen atoms in total. The van der Waals surface area contributed by atoms with Crippen LogP contribution in [0.25, 0.3) is 0 Å². The molecule has 4 N–H and O–H groups in total. The van der Waals surface area contributed by atoms with Crippen molar-refractivity contribution >= 4 is 11.8 Å². The van der Waals surface area contributed by atoms with Crippen molar-refractivity contribution in [1.82, 2.24) is 25.4 Å². The third-order valence-electron chi connectivity index (χ3n) is 3.41. The van der Waals surface area contributed by atoms with Crippen LogP contribution in [0.2, 0.25) is 0 Å². The summed E-state index contributed by atoms with van der Waals surface area (Å²) in [5.41, 5.74) is 5.40. The van der Waals surface area contributed by atoms with Gasteiger partial charge in [-0.2, -0.15) is 5.10 Å². The predicted octanol–water partition coefficient (Wildman–Crippen LogP) is -0.736. The highest BCUT2D eigenvalue weighted by molar-refractivity contribution is 5.90. The van der Waals surface area contributed by atoms with E-state index in [1.807, 2.05) is 4.90 Å². The average Bonchev–Trinajstić information content (AvgIpc) is 3.00. The van der Waals surface area contributed by atoms with Gasteiger partial charge in [0.15, 0.2) is 0 Å².